The van der Waals surface area contributed by atoms with Crippen molar-refractivity contribution in [3.63, 3.8) is 0 Å². The van der Waals surface area contributed by atoms with Crippen LogP contribution in [-0.2, 0) is 11.3 Å². The van der Waals surface area contributed by atoms with Crippen LogP contribution in [0.3, 0.4) is 0 Å². The van der Waals surface area contributed by atoms with Gasteiger partial charge in [-0.3, -0.25) is 4.79 Å². The quantitative estimate of drug-likeness (QED) is 0.415. The number of hydrogen-bond donors (Lipinski definition) is 3. The number of hydrogen-bond acceptors (Lipinski definition) is 4. The number of aliphatic hydroxyl groups excluding tert-OH is 1. The molecule has 0 aliphatic carbocycles. The second-order valence-corrected chi connectivity index (χ2v) is 5.01. The van der Waals surface area contributed by atoms with Gasteiger partial charge in [-0.25, -0.2) is 4.98 Å². The number of aromatic nitrogens is 2. The van der Waals surface area contributed by atoms with E-state index < -0.39 is 11.7 Å². The fraction of sp³-hybridized carbons (Fsp3) is 0.167. The maximum Gasteiger partial charge on any atom is 0.286 e. The number of rotatable bonds is 7. The topological polar surface area (TPSA) is 91.0 Å². The van der Waals surface area contributed by atoms with E-state index >= 15 is 0 Å². The van der Waals surface area contributed by atoms with Crippen LogP contribution >= 0.6 is 0 Å². The monoisotopic (exact) mass is 324 g/mol. The van der Waals surface area contributed by atoms with E-state index in [1.807, 2.05) is 60.3 Å². The lowest BCUT2D eigenvalue weighted by Gasteiger charge is -2.04. The van der Waals surface area contributed by atoms with Crippen LogP contribution in [0.1, 0.15) is 19.2 Å². The van der Waals surface area contributed by atoms with Crippen molar-refractivity contribution in [2.75, 3.05) is 0 Å². The maximum absolute atomic E-state index is 11.7. The number of nitrogens with zero attached hydrogens (tertiary/aromatic N) is 2. The fourth-order valence-corrected chi connectivity index (χ4v) is 2.06. The van der Waals surface area contributed by atoms with E-state index in [9.17, 15) is 9.90 Å². The summed E-state index contributed by atoms with van der Waals surface area (Å²) in [5, 5.41) is 18.9. The zero-order chi connectivity index (χ0) is 17.4. The lowest BCUT2D eigenvalue weighted by Crippen LogP contribution is -2.25. The SMILES string of the molecule is CC/C=C\n1cc(-c2ccccc2)nc1CNC(=O)/C(O)=C/C=N. The van der Waals surface area contributed by atoms with E-state index in [0.717, 1.165) is 30.0 Å². The summed E-state index contributed by atoms with van der Waals surface area (Å²) in [6.45, 7) is 2.20. The molecule has 0 aliphatic rings. The van der Waals surface area contributed by atoms with E-state index in [-0.39, 0.29) is 6.54 Å². The maximum atomic E-state index is 11.7. The summed E-state index contributed by atoms with van der Waals surface area (Å²) in [4.78, 5) is 16.3. The first-order valence-electron chi connectivity index (χ1n) is 7.63. The first-order chi connectivity index (χ1) is 11.7. The van der Waals surface area contributed by atoms with Crippen molar-refractivity contribution in [2.45, 2.75) is 19.9 Å². The summed E-state index contributed by atoms with van der Waals surface area (Å²) in [7, 11) is 0. The van der Waals surface area contributed by atoms with Gasteiger partial charge in [0.25, 0.3) is 5.91 Å². The van der Waals surface area contributed by atoms with Gasteiger partial charge < -0.3 is 20.4 Å². The Labute approximate surface area is 140 Å². The highest BCUT2D eigenvalue weighted by Gasteiger charge is 2.11. The molecule has 0 atom stereocenters. The molecule has 0 bridgehead atoms. The number of imidazole rings is 1. The summed E-state index contributed by atoms with van der Waals surface area (Å²) in [6.07, 6.45) is 8.55. The number of carbonyl (C=O) groups excluding carboxylic acids is 1. The average molecular weight is 324 g/mol. The van der Waals surface area contributed by atoms with E-state index in [4.69, 9.17) is 5.41 Å². The van der Waals surface area contributed by atoms with Crippen molar-refractivity contribution in [2.24, 2.45) is 0 Å². The van der Waals surface area contributed by atoms with Gasteiger partial charge >= 0.3 is 0 Å². The zero-order valence-electron chi connectivity index (χ0n) is 13.4. The summed E-state index contributed by atoms with van der Waals surface area (Å²) < 4.78 is 1.85. The molecule has 0 aliphatic heterocycles. The zero-order valence-corrected chi connectivity index (χ0v) is 13.4. The Morgan fingerprint density at radius 2 is 2.12 bits per heavy atom. The van der Waals surface area contributed by atoms with Gasteiger partial charge in [0.2, 0.25) is 0 Å². The van der Waals surface area contributed by atoms with E-state index in [1.54, 1.807) is 0 Å². The minimum absolute atomic E-state index is 0.162. The van der Waals surface area contributed by atoms with Gasteiger partial charge in [-0.05, 0) is 6.42 Å². The summed E-state index contributed by atoms with van der Waals surface area (Å²) in [6, 6.07) is 9.77. The largest absolute Gasteiger partial charge is 0.503 e. The highest BCUT2D eigenvalue weighted by molar-refractivity contribution is 5.94. The van der Waals surface area contributed by atoms with Gasteiger partial charge in [-0.1, -0.05) is 43.3 Å². The van der Waals surface area contributed by atoms with E-state index in [2.05, 4.69) is 10.3 Å². The predicted molar refractivity (Wildman–Crippen MR) is 94.6 cm³/mol. The molecular formula is C18H20N4O2. The molecular weight excluding hydrogens is 304 g/mol. The number of aliphatic hydroxyl groups is 1. The predicted octanol–water partition coefficient (Wildman–Crippen LogP) is 3.14. The molecule has 1 heterocycles. The molecule has 6 nitrogen and oxygen atoms in total. The van der Waals surface area contributed by atoms with Crippen molar-refractivity contribution in [3.8, 4) is 11.3 Å². The Hall–Kier alpha value is -3.15. The molecule has 0 fully saturated rings. The molecule has 6 heteroatoms. The molecule has 2 aromatic rings. The smallest absolute Gasteiger partial charge is 0.286 e. The molecule has 0 radical (unpaired) electrons. The molecule has 24 heavy (non-hydrogen) atoms. The lowest BCUT2D eigenvalue weighted by atomic mass is 10.2. The highest BCUT2D eigenvalue weighted by atomic mass is 16.3. The molecule has 0 saturated heterocycles. The van der Waals surface area contributed by atoms with Crippen LogP contribution in [0.4, 0.5) is 0 Å². The lowest BCUT2D eigenvalue weighted by molar-refractivity contribution is -0.120. The molecule has 1 aromatic carbocycles. The number of carbonyl (C=O) groups is 1. The van der Waals surface area contributed by atoms with Gasteiger partial charge in [0.1, 0.15) is 5.82 Å². The second kappa shape index (κ2) is 8.47. The van der Waals surface area contributed by atoms with Crippen LogP contribution < -0.4 is 5.32 Å². The average Bonchev–Trinajstić information content (AvgIpc) is 3.02. The van der Waals surface area contributed by atoms with Crippen molar-refractivity contribution in [3.05, 3.63) is 60.3 Å². The van der Waals surface area contributed by atoms with Crippen LogP contribution in [0.15, 0.2) is 54.4 Å². The third kappa shape index (κ3) is 4.42. The Kier molecular flexibility index (Phi) is 6.08. The van der Waals surface area contributed by atoms with E-state index in [0.29, 0.717) is 5.82 Å². The molecule has 0 saturated carbocycles. The van der Waals surface area contributed by atoms with Crippen LogP contribution in [0, 0.1) is 5.41 Å². The molecule has 3 N–H and O–H groups in total. The van der Waals surface area contributed by atoms with Crippen molar-refractivity contribution in [1.29, 1.82) is 5.41 Å². The number of allylic oxidation sites excluding steroid dienone is 2. The minimum atomic E-state index is -0.645. The summed E-state index contributed by atoms with van der Waals surface area (Å²) in [5.74, 6) is -0.501. The van der Waals surface area contributed by atoms with Gasteiger partial charge in [-0.2, -0.15) is 0 Å². The first kappa shape index (κ1) is 17.2. The summed E-state index contributed by atoms with van der Waals surface area (Å²) in [5.41, 5.74) is 1.79. The van der Waals surface area contributed by atoms with E-state index in [1.165, 1.54) is 0 Å². The van der Waals surface area contributed by atoms with Gasteiger partial charge in [-0.15, -0.1) is 0 Å². The van der Waals surface area contributed by atoms with Crippen LogP contribution in [0.5, 0.6) is 0 Å². The number of nitrogens with one attached hydrogen (secondary N) is 2. The number of amides is 1. The van der Waals surface area contributed by atoms with Gasteiger partial charge in [0, 0.05) is 30.3 Å². The Morgan fingerprint density at radius 3 is 2.79 bits per heavy atom. The van der Waals surface area contributed by atoms with Crippen molar-refractivity contribution < 1.29 is 9.90 Å². The Morgan fingerprint density at radius 1 is 1.38 bits per heavy atom. The van der Waals surface area contributed by atoms with Crippen LogP contribution in [0.25, 0.3) is 17.5 Å². The standard InChI is InChI=1S/C18H20N4O2/c1-2-3-11-22-13-15(14-7-5-4-6-8-14)21-17(22)12-20-18(24)16(23)9-10-19/h3-11,13,19,23H,2,12H2,1H3,(H,20,24)/b11-3-,16-9-,19-10?. The third-order valence-corrected chi connectivity index (χ3v) is 3.26. The fourth-order valence-electron chi connectivity index (χ4n) is 2.06. The normalized spacial score (nSPS) is 11.6. The van der Waals surface area contributed by atoms with Crippen molar-refractivity contribution >= 4 is 18.3 Å². The van der Waals surface area contributed by atoms with Crippen LogP contribution in [0.2, 0.25) is 0 Å². The van der Waals surface area contributed by atoms with Gasteiger partial charge in [0.15, 0.2) is 5.76 Å². The van der Waals surface area contributed by atoms with Crippen molar-refractivity contribution in [1.82, 2.24) is 14.9 Å². The summed E-state index contributed by atoms with van der Waals surface area (Å²) >= 11 is 0. The first-order valence-corrected chi connectivity index (χ1v) is 7.63. The molecule has 2 rings (SSSR count). The third-order valence-electron chi connectivity index (χ3n) is 3.26. The highest BCUT2D eigenvalue weighted by Crippen LogP contribution is 2.18. The van der Waals surface area contributed by atoms with Crippen LogP contribution in [-0.4, -0.2) is 26.8 Å². The molecule has 0 spiro atoms. The molecule has 124 valence electrons. The minimum Gasteiger partial charge on any atom is -0.503 e. The molecule has 0 unspecified atom stereocenters. The Balaban J connectivity index is 2.22. The number of benzene rings is 1. The van der Waals surface area contributed by atoms with Gasteiger partial charge in [0.05, 0.1) is 12.2 Å². The molecule has 1 amide bonds. The second-order valence-electron chi connectivity index (χ2n) is 5.01. The Bertz CT molecular complexity index is 761. The molecule has 1 aromatic heterocycles.